The van der Waals surface area contributed by atoms with Crippen LogP contribution in [-0.2, 0) is 27.3 Å². The normalized spacial score (nSPS) is 20.6. The Bertz CT molecular complexity index is 2700. The number of H-pyrrole nitrogens is 1. The number of nitrogens with zero attached hydrogens (tertiary/aromatic N) is 2. The van der Waals surface area contributed by atoms with Gasteiger partial charge in [-0.05, 0) is 96.8 Å². The number of hydrogen-bond donors (Lipinski definition) is 3. The van der Waals surface area contributed by atoms with Crippen molar-refractivity contribution in [1.29, 1.82) is 0 Å². The van der Waals surface area contributed by atoms with Crippen LogP contribution in [0.1, 0.15) is 74.7 Å². The molecule has 5 aromatic carbocycles. The van der Waals surface area contributed by atoms with Crippen molar-refractivity contribution in [3.8, 4) is 11.5 Å². The van der Waals surface area contributed by atoms with E-state index in [4.69, 9.17) is 29.7 Å². The monoisotopic (exact) mass is 863 g/mol. The minimum atomic E-state index is -2.83. The Morgan fingerprint density at radius 3 is 2.33 bits per heavy atom. The summed E-state index contributed by atoms with van der Waals surface area (Å²) >= 11 is 0. The van der Waals surface area contributed by atoms with E-state index in [1.54, 1.807) is 24.3 Å². The summed E-state index contributed by atoms with van der Waals surface area (Å²) in [5.41, 5.74) is 18.7. The minimum Gasteiger partial charge on any atom is -0.496 e. The fraction of sp³-hybridized carbons (Fsp3) is 0.286. The Labute approximate surface area is 368 Å². The average Bonchev–Trinajstić information content (AvgIpc) is 4.04. The van der Waals surface area contributed by atoms with Gasteiger partial charge in [0.2, 0.25) is 0 Å². The Morgan fingerprint density at radius 1 is 0.794 bits per heavy atom. The van der Waals surface area contributed by atoms with Gasteiger partial charge < -0.3 is 44.5 Å². The second-order valence-corrected chi connectivity index (χ2v) is 19.6. The molecule has 63 heavy (non-hydrogen) atoms. The van der Waals surface area contributed by atoms with E-state index in [0.717, 1.165) is 53.5 Å². The third-order valence-corrected chi connectivity index (χ3v) is 15.9. The number of benzene rings is 5. The van der Waals surface area contributed by atoms with Gasteiger partial charge in [-0.3, -0.25) is 9.59 Å². The average molecular weight is 864 g/mol. The van der Waals surface area contributed by atoms with Gasteiger partial charge in [-0.25, -0.2) is 4.79 Å². The van der Waals surface area contributed by atoms with Crippen LogP contribution in [-0.4, -0.2) is 77.7 Å². The number of aromatic amines is 1. The van der Waals surface area contributed by atoms with E-state index in [2.05, 4.69) is 29.2 Å². The summed E-state index contributed by atoms with van der Waals surface area (Å²) in [6.07, 6.45) is 3.31. The Balaban J connectivity index is 0.835. The van der Waals surface area contributed by atoms with Crippen LogP contribution < -0.4 is 26.4 Å². The first kappa shape index (κ1) is 41.0. The lowest BCUT2D eigenvalue weighted by molar-refractivity contribution is 0.0641. The quantitative estimate of drug-likeness (QED) is 0.120. The predicted molar refractivity (Wildman–Crippen MR) is 244 cm³/mol. The molecule has 1 spiro atoms. The molecule has 3 saturated heterocycles. The van der Waals surface area contributed by atoms with Crippen molar-refractivity contribution in [2.75, 3.05) is 38.7 Å². The summed E-state index contributed by atoms with van der Waals surface area (Å²) in [4.78, 5) is 49.8. The first-order valence-electron chi connectivity index (χ1n) is 21.7. The lowest BCUT2D eigenvalue weighted by Gasteiger charge is -2.38. The lowest BCUT2D eigenvalue weighted by Crippen LogP contribution is -2.46. The van der Waals surface area contributed by atoms with Gasteiger partial charge in [0.15, 0.2) is 5.94 Å². The molecule has 14 heteroatoms. The summed E-state index contributed by atoms with van der Waals surface area (Å²) in [5.74, 6) is 1.45. The van der Waals surface area contributed by atoms with E-state index < -0.39 is 22.7 Å². The molecule has 5 heterocycles. The molecular weight excluding hydrogens is 813 g/mol. The van der Waals surface area contributed by atoms with Gasteiger partial charge in [0.05, 0.1) is 6.61 Å². The van der Waals surface area contributed by atoms with Gasteiger partial charge in [-0.15, -0.1) is 0 Å². The topological polar surface area (TPSA) is 162 Å². The molecule has 3 fully saturated rings. The second kappa shape index (κ2) is 16.9. The number of nitrogens with one attached hydrogen (secondary N) is 1. The first-order valence-corrected chi connectivity index (χ1v) is 23.4. The molecule has 0 aliphatic carbocycles. The molecule has 0 saturated carbocycles. The Morgan fingerprint density at radius 2 is 1.54 bits per heavy atom. The van der Waals surface area contributed by atoms with Crippen molar-refractivity contribution >= 4 is 50.9 Å². The van der Waals surface area contributed by atoms with Gasteiger partial charge in [-0.2, -0.15) is 0 Å². The zero-order valence-corrected chi connectivity index (χ0v) is 35.8. The number of likely N-dealkylation sites (tertiary alicyclic amines) is 2. The number of carbonyl (C=O) groups excluding carboxylic acids is 3. The van der Waals surface area contributed by atoms with Crippen molar-refractivity contribution in [1.82, 2.24) is 14.8 Å². The highest BCUT2D eigenvalue weighted by Crippen LogP contribution is 2.62. The molecule has 5 N–H and O–H groups in total. The SMILES string of the molecule is NCc1cccc(C2CCN(C(=O)c3cccc(OCS4(c5ccccc5)OB(c5cccc6[nH]c(C(=O)N7CCC8(CC7)COc7ccc(CN)cc78)cc56)OC4=O)c3)CC2)c1. The molecule has 6 aromatic rings. The summed E-state index contributed by atoms with van der Waals surface area (Å²) < 4.78 is 25.3. The Kier molecular flexibility index (Phi) is 11.0. The highest BCUT2D eigenvalue weighted by atomic mass is 32.3. The molecule has 0 radical (unpaired) electrons. The van der Waals surface area contributed by atoms with E-state index >= 15 is 0 Å². The van der Waals surface area contributed by atoms with E-state index in [-0.39, 0.29) is 23.2 Å². The summed E-state index contributed by atoms with van der Waals surface area (Å²) in [5, 5.41) is 0.205. The molecule has 2 amide bonds. The van der Waals surface area contributed by atoms with E-state index in [9.17, 15) is 14.4 Å². The van der Waals surface area contributed by atoms with Crippen LogP contribution in [0.5, 0.6) is 11.5 Å². The number of hydrogen-bond acceptors (Lipinski definition) is 9. The third-order valence-electron chi connectivity index (χ3n) is 13.3. The molecule has 1 unspecified atom stereocenters. The summed E-state index contributed by atoms with van der Waals surface area (Å²) in [7, 11) is -3.88. The molecule has 10 rings (SSSR count). The summed E-state index contributed by atoms with van der Waals surface area (Å²) in [6, 6.07) is 38.4. The van der Waals surface area contributed by atoms with Crippen molar-refractivity contribution in [3.63, 3.8) is 0 Å². The highest BCUT2D eigenvalue weighted by molar-refractivity contribution is 8.42. The molecule has 1 atom stereocenters. The smallest absolute Gasteiger partial charge is 0.496 e. The van der Waals surface area contributed by atoms with E-state index in [1.807, 2.05) is 82.6 Å². The fourth-order valence-electron chi connectivity index (χ4n) is 9.63. The maximum absolute atomic E-state index is 14.2. The van der Waals surface area contributed by atoms with Crippen LogP contribution in [0.2, 0.25) is 0 Å². The van der Waals surface area contributed by atoms with E-state index in [0.29, 0.717) is 79.2 Å². The number of piperidine rings is 2. The molecule has 1 aromatic heterocycles. The van der Waals surface area contributed by atoms with Crippen LogP contribution in [0.25, 0.3) is 10.9 Å². The number of amides is 2. The molecule has 4 aliphatic rings. The molecule has 4 aliphatic heterocycles. The highest BCUT2D eigenvalue weighted by Gasteiger charge is 2.52. The van der Waals surface area contributed by atoms with Crippen LogP contribution in [0.15, 0.2) is 126 Å². The van der Waals surface area contributed by atoms with Crippen molar-refractivity contribution in [2.45, 2.75) is 55.0 Å². The number of ether oxygens (including phenoxy) is 2. The zero-order chi connectivity index (χ0) is 43.1. The number of carbonyl (C=O) groups is 3. The van der Waals surface area contributed by atoms with Crippen LogP contribution >= 0.6 is 10.3 Å². The van der Waals surface area contributed by atoms with Crippen LogP contribution in [0.3, 0.4) is 0 Å². The van der Waals surface area contributed by atoms with E-state index in [1.165, 1.54) is 11.1 Å². The van der Waals surface area contributed by atoms with Gasteiger partial charge >= 0.3 is 12.4 Å². The van der Waals surface area contributed by atoms with Crippen molar-refractivity contribution < 1.29 is 32.6 Å². The van der Waals surface area contributed by atoms with Crippen LogP contribution in [0.4, 0.5) is 4.79 Å². The third kappa shape index (κ3) is 7.64. The maximum atomic E-state index is 14.2. The van der Waals surface area contributed by atoms with Gasteiger partial charge in [0, 0.05) is 87.4 Å². The van der Waals surface area contributed by atoms with Gasteiger partial charge in [0.1, 0.15) is 17.2 Å². The number of fused-ring (bicyclic) bond motifs is 3. The number of rotatable bonds is 10. The summed E-state index contributed by atoms with van der Waals surface area (Å²) in [6.45, 7) is 4.04. The lowest BCUT2D eigenvalue weighted by atomic mass is 9.74. The number of aromatic nitrogens is 1. The zero-order valence-electron chi connectivity index (χ0n) is 35.0. The minimum absolute atomic E-state index is 0.0615. The fourth-order valence-corrected chi connectivity index (χ4v) is 11.9. The molecular formula is C49H50BN5O7S. The van der Waals surface area contributed by atoms with Crippen LogP contribution in [0, 0.1) is 0 Å². The molecule has 12 nitrogen and oxygen atoms in total. The number of nitrogens with two attached hydrogens (primary N) is 2. The predicted octanol–water partition coefficient (Wildman–Crippen LogP) is 7.35. The van der Waals surface area contributed by atoms with Crippen molar-refractivity contribution in [3.05, 3.63) is 155 Å². The Hall–Kier alpha value is -6.06. The second-order valence-electron chi connectivity index (χ2n) is 17.0. The molecule has 0 bridgehead atoms. The van der Waals surface area contributed by atoms with Gasteiger partial charge in [0.25, 0.3) is 11.8 Å². The van der Waals surface area contributed by atoms with Gasteiger partial charge in [-0.1, -0.05) is 72.8 Å². The maximum Gasteiger partial charge on any atom is 0.577 e. The largest absolute Gasteiger partial charge is 0.577 e. The standard InChI is InChI=1S/C49H50BN5O7S/c51-29-33-7-4-8-36(25-33)35-17-21-54(22-18-35)46(56)37-9-5-10-38(27-37)60-32-63(39-11-2-1-3-12-39)48(58)61-50(62-63)42-13-6-14-43-40(42)28-44(53-43)47(57)55-23-19-49(20-24-55)31-59-45-16-15-34(30-52)26-41(45)49/h1-16,25-28,35,53H,17-24,29-32,51-52H2. The first-order chi connectivity index (χ1) is 30.8. The molecule has 322 valence electrons. The van der Waals surface area contributed by atoms with Crippen molar-refractivity contribution in [2.24, 2.45) is 11.5 Å².